The summed E-state index contributed by atoms with van der Waals surface area (Å²) in [6.07, 6.45) is 2.17. The lowest BCUT2D eigenvalue weighted by molar-refractivity contribution is -0.122. The normalized spacial score (nSPS) is 20.6. The van der Waals surface area contributed by atoms with Gasteiger partial charge >= 0.3 is 0 Å². The third-order valence-electron chi connectivity index (χ3n) is 4.91. The Morgan fingerprint density at radius 3 is 2.33 bits per heavy atom. The number of piperidine rings is 1. The van der Waals surface area contributed by atoms with Gasteiger partial charge < -0.3 is 15.0 Å². The Morgan fingerprint density at radius 1 is 1.08 bits per heavy atom. The van der Waals surface area contributed by atoms with Gasteiger partial charge in [-0.15, -0.1) is 0 Å². The van der Waals surface area contributed by atoms with Crippen molar-refractivity contribution in [3.63, 3.8) is 0 Å². The average molecular weight is 322 g/mol. The van der Waals surface area contributed by atoms with E-state index in [1.807, 2.05) is 48.5 Å². The van der Waals surface area contributed by atoms with Gasteiger partial charge in [-0.3, -0.25) is 4.79 Å². The number of rotatable bonds is 2. The minimum Gasteiger partial charge on any atom is -0.457 e. The molecule has 1 amide bonds. The number of hydrogen-bond acceptors (Lipinski definition) is 3. The van der Waals surface area contributed by atoms with Gasteiger partial charge in [-0.25, -0.2) is 0 Å². The van der Waals surface area contributed by atoms with E-state index in [2.05, 4.69) is 17.3 Å². The maximum atomic E-state index is 13.1. The molecule has 4 heteroatoms. The lowest BCUT2D eigenvalue weighted by Gasteiger charge is -2.33. The summed E-state index contributed by atoms with van der Waals surface area (Å²) >= 11 is 0. The first kappa shape index (κ1) is 15.2. The van der Waals surface area contributed by atoms with E-state index in [1.54, 1.807) is 0 Å². The molecule has 2 aromatic carbocycles. The highest BCUT2D eigenvalue weighted by Gasteiger charge is 2.33. The number of fused-ring (bicyclic) bond motifs is 2. The second-order valence-corrected chi connectivity index (χ2v) is 6.72. The van der Waals surface area contributed by atoms with E-state index in [1.165, 1.54) is 0 Å². The number of hydrogen-bond donors (Lipinski definition) is 1. The number of nitrogens with zero attached hydrogens (tertiary/aromatic N) is 1. The highest BCUT2D eigenvalue weighted by atomic mass is 16.5. The number of para-hydroxylation sites is 2. The summed E-state index contributed by atoms with van der Waals surface area (Å²) in [5.41, 5.74) is 1.88. The second-order valence-electron chi connectivity index (χ2n) is 6.72. The standard InChI is InChI=1S/C20H22N2O2/c1-22-12-6-7-14(13-22)21-20(23)19-15-8-2-4-10-17(15)24-18-11-5-3-9-16(18)19/h2-5,8-11,14,19H,6-7,12-13H2,1H3,(H,21,23). The molecule has 124 valence electrons. The fraction of sp³-hybridized carbons (Fsp3) is 0.350. The fourth-order valence-corrected chi connectivity index (χ4v) is 3.76. The molecule has 4 nitrogen and oxygen atoms in total. The van der Waals surface area contributed by atoms with Crippen molar-refractivity contribution in [1.29, 1.82) is 0 Å². The zero-order chi connectivity index (χ0) is 16.5. The number of nitrogens with one attached hydrogen (secondary N) is 1. The summed E-state index contributed by atoms with van der Waals surface area (Å²) in [5.74, 6) is 1.31. The van der Waals surface area contributed by atoms with Crippen LogP contribution in [-0.2, 0) is 4.79 Å². The molecule has 24 heavy (non-hydrogen) atoms. The number of benzene rings is 2. The Balaban J connectivity index is 1.65. The molecule has 2 heterocycles. The minimum atomic E-state index is -0.307. The first-order chi connectivity index (χ1) is 11.7. The van der Waals surface area contributed by atoms with Crippen LogP contribution in [0.15, 0.2) is 48.5 Å². The molecule has 0 bridgehead atoms. The SMILES string of the molecule is CN1CCCC(NC(=O)C2c3ccccc3Oc3ccccc32)C1. The van der Waals surface area contributed by atoms with Gasteiger partial charge in [-0.1, -0.05) is 36.4 Å². The maximum Gasteiger partial charge on any atom is 0.232 e. The molecule has 2 aliphatic rings. The Kier molecular flexibility index (Phi) is 3.98. The molecule has 0 aromatic heterocycles. The van der Waals surface area contributed by atoms with E-state index in [0.29, 0.717) is 0 Å². The van der Waals surface area contributed by atoms with Gasteiger partial charge in [-0.05, 0) is 38.6 Å². The monoisotopic (exact) mass is 322 g/mol. The summed E-state index contributed by atoms with van der Waals surface area (Å²) in [4.78, 5) is 15.4. The first-order valence-corrected chi connectivity index (χ1v) is 8.57. The number of ether oxygens (including phenoxy) is 1. The molecule has 1 fully saturated rings. The maximum absolute atomic E-state index is 13.1. The third-order valence-corrected chi connectivity index (χ3v) is 4.91. The summed E-state index contributed by atoms with van der Waals surface area (Å²) in [5, 5.41) is 3.26. The summed E-state index contributed by atoms with van der Waals surface area (Å²) < 4.78 is 5.98. The lowest BCUT2D eigenvalue weighted by atomic mass is 9.87. The molecule has 1 atom stereocenters. The number of amides is 1. The van der Waals surface area contributed by atoms with Crippen molar-refractivity contribution in [2.45, 2.75) is 24.8 Å². The third kappa shape index (κ3) is 2.78. The van der Waals surface area contributed by atoms with Crippen molar-refractivity contribution in [2.24, 2.45) is 0 Å². The Bertz CT molecular complexity index is 713. The van der Waals surface area contributed by atoms with Crippen LogP contribution in [0.5, 0.6) is 11.5 Å². The van der Waals surface area contributed by atoms with E-state index in [-0.39, 0.29) is 17.9 Å². The predicted molar refractivity (Wildman–Crippen MR) is 93.5 cm³/mol. The van der Waals surface area contributed by atoms with Crippen LogP contribution in [0.3, 0.4) is 0 Å². The first-order valence-electron chi connectivity index (χ1n) is 8.57. The molecule has 2 aliphatic heterocycles. The molecule has 1 saturated heterocycles. The number of carbonyl (C=O) groups excluding carboxylic acids is 1. The van der Waals surface area contributed by atoms with Crippen molar-refractivity contribution in [2.75, 3.05) is 20.1 Å². The second kappa shape index (κ2) is 6.29. The zero-order valence-electron chi connectivity index (χ0n) is 13.9. The van der Waals surface area contributed by atoms with E-state index in [9.17, 15) is 4.79 Å². The quantitative estimate of drug-likeness (QED) is 0.923. The Hall–Kier alpha value is -2.33. The molecule has 0 aliphatic carbocycles. The highest BCUT2D eigenvalue weighted by Crippen LogP contribution is 2.43. The van der Waals surface area contributed by atoms with Crippen LogP contribution in [0.4, 0.5) is 0 Å². The highest BCUT2D eigenvalue weighted by molar-refractivity contribution is 5.89. The molecule has 1 N–H and O–H groups in total. The summed E-state index contributed by atoms with van der Waals surface area (Å²) in [6, 6.07) is 15.9. The number of carbonyl (C=O) groups is 1. The van der Waals surface area contributed by atoms with E-state index >= 15 is 0 Å². The summed E-state index contributed by atoms with van der Waals surface area (Å²) in [7, 11) is 2.11. The van der Waals surface area contributed by atoms with Gasteiger partial charge in [-0.2, -0.15) is 0 Å². The van der Waals surface area contributed by atoms with Crippen LogP contribution in [0.25, 0.3) is 0 Å². The Labute approximate surface area is 142 Å². The number of likely N-dealkylation sites (N-methyl/N-ethyl adjacent to an activating group) is 1. The average Bonchev–Trinajstić information content (AvgIpc) is 2.59. The molecule has 4 rings (SSSR count). The molecular formula is C20H22N2O2. The molecule has 2 aromatic rings. The van der Waals surface area contributed by atoms with Crippen molar-refractivity contribution < 1.29 is 9.53 Å². The zero-order valence-corrected chi connectivity index (χ0v) is 13.9. The molecular weight excluding hydrogens is 300 g/mol. The largest absolute Gasteiger partial charge is 0.457 e. The molecule has 0 saturated carbocycles. The fourth-order valence-electron chi connectivity index (χ4n) is 3.76. The van der Waals surface area contributed by atoms with Crippen molar-refractivity contribution in [1.82, 2.24) is 10.2 Å². The van der Waals surface area contributed by atoms with Crippen LogP contribution in [0.1, 0.15) is 29.9 Å². The van der Waals surface area contributed by atoms with Crippen LogP contribution >= 0.6 is 0 Å². The van der Waals surface area contributed by atoms with Gasteiger partial charge in [0.05, 0.1) is 5.92 Å². The van der Waals surface area contributed by atoms with E-state index < -0.39 is 0 Å². The van der Waals surface area contributed by atoms with Crippen LogP contribution in [0, 0.1) is 0 Å². The van der Waals surface area contributed by atoms with E-state index in [0.717, 1.165) is 48.6 Å². The lowest BCUT2D eigenvalue weighted by Crippen LogP contribution is -2.47. The molecule has 1 unspecified atom stereocenters. The van der Waals surface area contributed by atoms with E-state index in [4.69, 9.17) is 4.74 Å². The Morgan fingerprint density at radius 2 is 1.71 bits per heavy atom. The minimum absolute atomic E-state index is 0.0681. The molecule has 0 radical (unpaired) electrons. The van der Waals surface area contributed by atoms with Crippen LogP contribution in [0.2, 0.25) is 0 Å². The predicted octanol–water partition coefficient (Wildman–Crippen LogP) is 3.13. The van der Waals surface area contributed by atoms with Gasteiger partial charge in [0.1, 0.15) is 11.5 Å². The number of likely N-dealkylation sites (tertiary alicyclic amines) is 1. The van der Waals surface area contributed by atoms with Gasteiger partial charge in [0, 0.05) is 23.7 Å². The van der Waals surface area contributed by atoms with Crippen molar-refractivity contribution in [3.8, 4) is 11.5 Å². The van der Waals surface area contributed by atoms with Gasteiger partial charge in [0.15, 0.2) is 0 Å². The van der Waals surface area contributed by atoms with Crippen molar-refractivity contribution >= 4 is 5.91 Å². The van der Waals surface area contributed by atoms with Crippen LogP contribution in [-0.4, -0.2) is 37.0 Å². The molecule has 0 spiro atoms. The topological polar surface area (TPSA) is 41.6 Å². The smallest absolute Gasteiger partial charge is 0.232 e. The van der Waals surface area contributed by atoms with Crippen molar-refractivity contribution in [3.05, 3.63) is 59.7 Å². The van der Waals surface area contributed by atoms with Gasteiger partial charge in [0.2, 0.25) is 5.91 Å². The summed E-state index contributed by atoms with van der Waals surface area (Å²) in [6.45, 7) is 2.02. The van der Waals surface area contributed by atoms with Crippen LogP contribution < -0.4 is 10.1 Å². The van der Waals surface area contributed by atoms with Gasteiger partial charge in [0.25, 0.3) is 0 Å².